The first-order chi connectivity index (χ1) is 43.3. The van der Waals surface area contributed by atoms with Crippen LogP contribution in [0.3, 0.4) is 0 Å². The number of hydrogen-bond donors (Lipinski definition) is 1. The minimum atomic E-state index is -0.317. The Balaban J connectivity index is -0.000000184. The van der Waals surface area contributed by atoms with Gasteiger partial charge in [0.1, 0.15) is 5.91 Å². The number of carbonyl (C=O) groups excluding carboxylic acids is 2. The van der Waals surface area contributed by atoms with Crippen molar-refractivity contribution in [2.75, 3.05) is 0 Å². The molecule has 8 bridgehead atoms. The topological polar surface area (TPSA) is 92.2 Å². The van der Waals surface area contributed by atoms with Crippen LogP contribution in [0.4, 0.5) is 0 Å². The van der Waals surface area contributed by atoms with Gasteiger partial charge >= 0.3 is 0 Å². The molecule has 0 spiro atoms. The summed E-state index contributed by atoms with van der Waals surface area (Å²) in [6.45, 7) is 87.0. The smallest absolute Gasteiger partial charge is 0.146 e. The van der Waals surface area contributed by atoms with E-state index in [1.807, 2.05) is 26.8 Å². The van der Waals surface area contributed by atoms with E-state index < -0.39 is 0 Å². The maximum atomic E-state index is 11.2. The summed E-state index contributed by atoms with van der Waals surface area (Å²) >= 11 is 0. The van der Waals surface area contributed by atoms with Crippen molar-refractivity contribution in [1.82, 2.24) is 4.90 Å². The molecule has 0 aromatic carbocycles. The fourth-order valence-corrected chi connectivity index (χ4v) is 11.6. The summed E-state index contributed by atoms with van der Waals surface area (Å²) in [4.78, 5) is 23.4. The fraction of sp³-hybridized carbons (Fsp3) is 0.713. The Kier molecular flexibility index (Phi) is 61.3. The van der Waals surface area contributed by atoms with Crippen LogP contribution in [0.15, 0.2) is 101 Å². The van der Waals surface area contributed by atoms with Gasteiger partial charge in [0.25, 0.3) is 0 Å². The average molecular weight is 1860 g/mol. The standard InChI is InChI=1S/C11H18O.C11H16.C10H14O.C9H14.C8H10NO2.C7H14O.C6H10.C5H10.C5H8.3C4H10.C2H4.CH3N.3W/c1-7(2)11(4)6-9-8(3)5-10(11)12-9;1-7(2)11-8(3)9-4-5-10(11)6-9;1-6(2)10-7(3)8-4-5-9(10)11-8;1-6-3-9-5-8(6)4-7(9)2;1-5(2)9-7(10)4-6(3)8(9)11;1-5(2)7(4)6(3)8-7;1-4-5-6(2)3;2*1-4-5(2)3;3*1-4(2)3;2*1-2;;;/h5,7,9-10H,6H2,1-4H3;4-5,7,9-10H,6H2,1-3H3;4-6,8-9H,1-3H3;3,7-9H,4-5H2,1-2H3;5H,1-3H3;5-6H,1-4H3;6H,1-3H3;4-5H,1H2,2-3H3;1,5H,2-3H3;3*4H,1-3H3;1-2H2;2H,1H2;;;/q;;;;-1;;;;;;;;;;;;. The van der Waals surface area contributed by atoms with Crippen LogP contribution < -0.4 is 0 Å². The number of imide groups is 1. The Bertz CT molecular complexity index is 2460. The number of rotatable bonds is 6. The van der Waals surface area contributed by atoms with E-state index >= 15 is 0 Å². The fourth-order valence-electron chi connectivity index (χ4n) is 11.6. The number of nitrogens with zero attached hydrogens (tertiary/aromatic N) is 1. The summed E-state index contributed by atoms with van der Waals surface area (Å²) in [6, 6.07) is -0.0695. The Morgan fingerprint density at radius 3 is 1.24 bits per heavy atom. The molecule has 2 saturated heterocycles. The summed E-state index contributed by atoms with van der Waals surface area (Å²) in [5, 5.41) is 5.50. The van der Waals surface area contributed by atoms with Crippen molar-refractivity contribution in [3.63, 3.8) is 0 Å². The molecule has 0 aromatic rings. The second kappa shape index (κ2) is 55.1. The summed E-state index contributed by atoms with van der Waals surface area (Å²) in [5.41, 5.74) is 10.4. The molecule has 12 atom stereocenters. The quantitative estimate of drug-likeness (QED) is 0.0714. The number of terminal acetylenes is 1. The van der Waals surface area contributed by atoms with Crippen LogP contribution in [-0.4, -0.2) is 65.6 Å². The largest absolute Gasteiger partial charge is 0.383 e. The Morgan fingerprint density at radius 2 is 1.06 bits per heavy atom. The number of allylic oxidation sites excluding steroid dienone is 7. The van der Waals surface area contributed by atoms with Crippen LogP contribution in [-0.2, 0) is 87.0 Å². The molecule has 0 aromatic heterocycles. The van der Waals surface area contributed by atoms with Gasteiger partial charge in [0, 0.05) is 86.5 Å². The number of fused-ring (bicyclic) bond motifs is 8. The number of carbonyl (C=O) groups is 2. The zero-order chi connectivity index (χ0) is 74.6. The maximum Gasteiger partial charge on any atom is 0.146 e. The maximum absolute atomic E-state index is 11.2. The molecular formula is C87H151N2O5W3-. The van der Waals surface area contributed by atoms with Gasteiger partial charge in [-0.2, -0.15) is 11.6 Å². The van der Waals surface area contributed by atoms with E-state index in [-0.39, 0.29) is 86.7 Å². The minimum Gasteiger partial charge on any atom is -0.383 e. The van der Waals surface area contributed by atoms with Gasteiger partial charge in [-0.05, 0) is 188 Å². The van der Waals surface area contributed by atoms with Crippen molar-refractivity contribution < 1.29 is 87.0 Å². The Labute approximate surface area is 646 Å². The normalized spacial score (nSPS) is 26.2. The van der Waals surface area contributed by atoms with Crippen LogP contribution in [0.1, 0.15) is 268 Å². The molecule has 7 nitrogen and oxygen atoms in total. The first-order valence-corrected chi connectivity index (χ1v) is 36.3. The monoisotopic (exact) mass is 1860 g/mol. The van der Waals surface area contributed by atoms with Crippen LogP contribution in [0.5, 0.6) is 0 Å². The van der Waals surface area contributed by atoms with Crippen LogP contribution in [0.25, 0.3) is 0 Å². The van der Waals surface area contributed by atoms with Crippen molar-refractivity contribution in [1.29, 1.82) is 5.41 Å². The van der Waals surface area contributed by atoms with Crippen molar-refractivity contribution in [2.24, 2.45) is 94.2 Å². The molecular weight excluding hydrogens is 1700 g/mol. The molecule has 3 fully saturated rings. The molecule has 558 valence electrons. The molecule has 10 rings (SSSR count). The first-order valence-electron chi connectivity index (χ1n) is 36.3. The predicted octanol–water partition coefficient (Wildman–Crippen LogP) is 24.0. The van der Waals surface area contributed by atoms with Crippen LogP contribution in [0.2, 0.25) is 0 Å². The van der Waals surface area contributed by atoms with Crippen LogP contribution >= 0.6 is 0 Å². The third-order valence-electron chi connectivity index (χ3n) is 17.7. The molecule has 2 amide bonds. The van der Waals surface area contributed by atoms with Gasteiger partial charge in [-0.15, -0.1) is 43.9 Å². The third-order valence-corrected chi connectivity index (χ3v) is 17.7. The van der Waals surface area contributed by atoms with Gasteiger partial charge in [-0.3, -0.25) is 4.79 Å². The van der Waals surface area contributed by atoms with E-state index in [1.165, 1.54) is 47.3 Å². The Hall–Kier alpha value is -2.47. The average Bonchev–Trinajstić information content (AvgIpc) is 1.63. The SMILES string of the molecule is C#CC(C)C.C=C.C=CC(C)C.C=N.CC#CC(C)C.CC(C)C.CC(C)C.CC(C)C.CC(C)C1(C)OC1C.CC1=C(C(C)C)C2C=CC1C2.CC1=C(C(C)C)C2C=CC1O2.CC1=CC2CC1CC2C.CC1=CC2OC1CC2(C)C(C)C.CC1=[C-]C(=O)N(C(C)C)C1=O.[W].[W].[W]. The third kappa shape index (κ3) is 40.8. The van der Waals surface area contributed by atoms with Crippen LogP contribution in [0, 0.1) is 130 Å². The van der Waals surface area contributed by atoms with Gasteiger partial charge in [0.2, 0.25) is 0 Å². The number of hydrogen-bond acceptors (Lipinski definition) is 6. The number of amides is 2. The van der Waals surface area contributed by atoms with Gasteiger partial charge in [-0.25, -0.2) is 0 Å². The van der Waals surface area contributed by atoms with E-state index in [9.17, 15) is 9.59 Å². The molecule has 1 saturated carbocycles. The Morgan fingerprint density at radius 1 is 0.629 bits per heavy atom. The predicted molar refractivity (Wildman–Crippen MR) is 416 cm³/mol. The van der Waals surface area contributed by atoms with Gasteiger partial charge in [-0.1, -0.05) is 239 Å². The van der Waals surface area contributed by atoms with Crippen molar-refractivity contribution in [3.05, 3.63) is 107 Å². The van der Waals surface area contributed by atoms with E-state index in [2.05, 4.69) is 288 Å². The summed E-state index contributed by atoms with van der Waals surface area (Å²) < 4.78 is 16.9. The zero-order valence-corrected chi connectivity index (χ0v) is 77.9. The number of nitrogens with one attached hydrogen (secondary N) is 1. The van der Waals surface area contributed by atoms with Crippen molar-refractivity contribution in [2.45, 2.75) is 310 Å². The van der Waals surface area contributed by atoms with E-state index in [0.717, 1.165) is 59.2 Å². The number of ether oxygens (including phenoxy) is 3. The number of epoxide rings is 1. The van der Waals surface area contributed by atoms with Gasteiger partial charge in [0.15, 0.2) is 0 Å². The summed E-state index contributed by atoms with van der Waals surface area (Å²) in [5.74, 6) is 19.2. The van der Waals surface area contributed by atoms with Gasteiger partial charge in [0.05, 0.1) is 42.0 Å². The molecule has 10 heteroatoms. The van der Waals surface area contributed by atoms with Crippen molar-refractivity contribution in [3.8, 4) is 24.2 Å². The van der Waals surface area contributed by atoms with E-state index in [1.54, 1.807) is 37.5 Å². The molecule has 10 aliphatic rings. The first kappa shape index (κ1) is 108. The zero-order valence-electron chi connectivity index (χ0n) is 69.1. The molecule has 1 N–H and O–H groups in total. The van der Waals surface area contributed by atoms with E-state index in [0.29, 0.717) is 71.1 Å². The van der Waals surface area contributed by atoms with Crippen molar-refractivity contribution >= 4 is 18.5 Å². The molecule has 4 aliphatic carbocycles. The molecule has 6 aliphatic heterocycles. The summed E-state index contributed by atoms with van der Waals surface area (Å²) in [6.07, 6.45) is 30.6. The second-order valence-corrected chi connectivity index (χ2v) is 31.8. The molecule has 97 heavy (non-hydrogen) atoms. The molecule has 0 radical (unpaired) electrons. The molecule has 6 heterocycles. The second-order valence-electron chi connectivity index (χ2n) is 31.8. The molecule has 12 unspecified atom stereocenters. The minimum absolute atomic E-state index is 0. The van der Waals surface area contributed by atoms with E-state index in [4.69, 9.17) is 26.0 Å². The van der Waals surface area contributed by atoms with Gasteiger partial charge < -0.3 is 29.3 Å². The summed E-state index contributed by atoms with van der Waals surface area (Å²) in [7, 11) is 0.